The summed E-state index contributed by atoms with van der Waals surface area (Å²) in [5.41, 5.74) is 2.40. The van der Waals surface area contributed by atoms with Crippen LogP contribution in [0.5, 0.6) is 0 Å². The smallest absolute Gasteiger partial charge is 0.311 e. The van der Waals surface area contributed by atoms with E-state index in [1.807, 2.05) is 87.5 Å². The molecule has 0 bridgehead atoms. The van der Waals surface area contributed by atoms with E-state index < -0.39 is 24.4 Å². The zero-order chi connectivity index (χ0) is 25.0. The summed E-state index contributed by atoms with van der Waals surface area (Å²) in [5, 5.41) is 7.47. The molecule has 1 atom stereocenters. The number of amides is 2. The molecule has 35 heavy (non-hydrogen) atoms. The maximum Gasteiger partial charge on any atom is 0.311 e. The number of esters is 1. The van der Waals surface area contributed by atoms with Crippen LogP contribution in [-0.4, -0.2) is 45.6 Å². The maximum atomic E-state index is 12.6. The number of carbonyl (C=O) groups is 3. The Bertz CT molecular complexity index is 1200. The zero-order valence-electron chi connectivity index (χ0n) is 20.2. The lowest BCUT2D eigenvalue weighted by Gasteiger charge is -2.16. The molecule has 1 aliphatic rings. The number of benzene rings is 2. The van der Waals surface area contributed by atoms with Crippen molar-refractivity contribution >= 4 is 23.6 Å². The Labute approximate surface area is 204 Å². The Morgan fingerprint density at radius 3 is 2.37 bits per heavy atom. The first-order chi connectivity index (χ1) is 16.7. The number of hydrogen-bond acceptors (Lipinski definition) is 5. The zero-order valence-corrected chi connectivity index (χ0v) is 20.2. The lowest BCUT2D eigenvalue weighted by atomic mass is 9.92. The molecule has 0 radical (unpaired) electrons. The Kier molecular flexibility index (Phi) is 7.00. The molecule has 0 aliphatic carbocycles. The van der Waals surface area contributed by atoms with Gasteiger partial charge in [-0.3, -0.25) is 14.4 Å². The molecule has 0 spiro atoms. The number of nitrogens with zero attached hydrogens (tertiary/aromatic N) is 3. The van der Waals surface area contributed by atoms with E-state index in [4.69, 9.17) is 4.74 Å². The van der Waals surface area contributed by atoms with Gasteiger partial charge < -0.3 is 15.0 Å². The number of para-hydroxylation sites is 1. The molecular formula is C27H30N4O4. The average Bonchev–Trinajstić information content (AvgIpc) is 3.42. The normalized spacial score (nSPS) is 15.8. The van der Waals surface area contributed by atoms with Gasteiger partial charge in [0.1, 0.15) is 5.82 Å². The molecule has 3 aromatic rings. The first kappa shape index (κ1) is 24.2. The molecule has 0 saturated carbocycles. The predicted octanol–water partition coefficient (Wildman–Crippen LogP) is 3.70. The lowest BCUT2D eigenvalue weighted by Crippen LogP contribution is -2.28. The fourth-order valence-corrected chi connectivity index (χ4v) is 3.92. The summed E-state index contributed by atoms with van der Waals surface area (Å²) in [4.78, 5) is 39.2. The first-order valence-electron chi connectivity index (χ1n) is 11.6. The van der Waals surface area contributed by atoms with Gasteiger partial charge in [-0.1, -0.05) is 69.3 Å². The van der Waals surface area contributed by atoms with Crippen LogP contribution >= 0.6 is 0 Å². The molecule has 2 heterocycles. The van der Waals surface area contributed by atoms with Gasteiger partial charge in [0.15, 0.2) is 6.61 Å². The summed E-state index contributed by atoms with van der Waals surface area (Å²) in [7, 11) is 0. The molecule has 2 amide bonds. The summed E-state index contributed by atoms with van der Waals surface area (Å²) < 4.78 is 6.93. The van der Waals surface area contributed by atoms with Crippen molar-refractivity contribution in [2.24, 2.45) is 5.92 Å². The van der Waals surface area contributed by atoms with Crippen molar-refractivity contribution in [2.45, 2.75) is 39.2 Å². The van der Waals surface area contributed by atoms with E-state index in [1.54, 1.807) is 9.58 Å². The highest BCUT2D eigenvalue weighted by Gasteiger charge is 2.35. The van der Waals surface area contributed by atoms with Crippen LogP contribution in [0.4, 0.5) is 5.82 Å². The van der Waals surface area contributed by atoms with E-state index in [2.05, 4.69) is 10.4 Å². The number of aromatic nitrogens is 2. The third kappa shape index (κ3) is 5.95. The predicted molar refractivity (Wildman–Crippen MR) is 132 cm³/mol. The number of hydrogen-bond donors (Lipinski definition) is 1. The summed E-state index contributed by atoms with van der Waals surface area (Å²) in [6.07, 6.45) is 0.0863. The molecule has 8 nitrogen and oxygen atoms in total. The molecule has 8 heteroatoms. The van der Waals surface area contributed by atoms with Gasteiger partial charge in [0.25, 0.3) is 5.91 Å². The number of anilines is 1. The Hall–Kier alpha value is -3.94. The van der Waals surface area contributed by atoms with E-state index in [1.165, 1.54) is 0 Å². The monoisotopic (exact) mass is 474 g/mol. The average molecular weight is 475 g/mol. The van der Waals surface area contributed by atoms with Crippen molar-refractivity contribution < 1.29 is 19.1 Å². The van der Waals surface area contributed by atoms with Crippen molar-refractivity contribution in [3.05, 3.63) is 78.0 Å². The minimum absolute atomic E-state index is 0.0863. The quantitative estimate of drug-likeness (QED) is 0.527. The summed E-state index contributed by atoms with van der Waals surface area (Å²) in [5.74, 6) is -1.20. The fraction of sp³-hybridized carbons (Fsp3) is 0.333. The van der Waals surface area contributed by atoms with Gasteiger partial charge >= 0.3 is 5.97 Å². The minimum Gasteiger partial charge on any atom is -0.455 e. The summed E-state index contributed by atoms with van der Waals surface area (Å²) in [6.45, 7) is 6.42. The molecular weight excluding hydrogens is 444 g/mol. The van der Waals surface area contributed by atoms with Crippen LogP contribution in [-0.2, 0) is 31.1 Å². The molecule has 2 aromatic carbocycles. The Morgan fingerprint density at radius 1 is 1.06 bits per heavy atom. The van der Waals surface area contributed by atoms with E-state index >= 15 is 0 Å². The molecule has 4 rings (SSSR count). The topological polar surface area (TPSA) is 93.5 Å². The van der Waals surface area contributed by atoms with Crippen LogP contribution in [0.2, 0.25) is 0 Å². The largest absolute Gasteiger partial charge is 0.455 e. The summed E-state index contributed by atoms with van der Waals surface area (Å²) in [6, 6.07) is 20.9. The van der Waals surface area contributed by atoms with E-state index in [-0.39, 0.29) is 24.3 Å². The molecule has 1 saturated heterocycles. The second-order valence-corrected chi connectivity index (χ2v) is 9.73. The third-order valence-corrected chi connectivity index (χ3v) is 5.86. The highest BCUT2D eigenvalue weighted by Crippen LogP contribution is 2.26. The molecule has 1 N–H and O–H groups in total. The number of likely N-dealkylation sites (tertiary alicyclic amines) is 1. The standard InChI is InChI=1S/C27H30N4O4/c1-27(2,3)22-15-23(31(29-22)21-12-8-5-9-13-21)28-24(32)18-35-26(34)20-14-25(33)30(17-20)16-19-10-6-4-7-11-19/h4-13,15,20H,14,16-18H2,1-3H3,(H,28,32)/t20-/m1/s1. The van der Waals surface area contributed by atoms with E-state index in [0.717, 1.165) is 16.9 Å². The van der Waals surface area contributed by atoms with Crippen LogP contribution in [0.1, 0.15) is 38.4 Å². The van der Waals surface area contributed by atoms with Gasteiger partial charge in [-0.25, -0.2) is 4.68 Å². The number of ether oxygens (including phenoxy) is 1. The SMILES string of the molecule is CC(C)(C)c1cc(NC(=O)COC(=O)[C@@H]2CC(=O)N(Cc3ccccc3)C2)n(-c2ccccc2)n1. The highest BCUT2D eigenvalue weighted by molar-refractivity contribution is 5.93. The van der Waals surface area contributed by atoms with Crippen molar-refractivity contribution in [1.29, 1.82) is 0 Å². The maximum absolute atomic E-state index is 12.6. The summed E-state index contributed by atoms with van der Waals surface area (Å²) >= 11 is 0. The van der Waals surface area contributed by atoms with Crippen molar-refractivity contribution in [2.75, 3.05) is 18.5 Å². The lowest BCUT2D eigenvalue weighted by molar-refractivity contribution is -0.151. The van der Waals surface area contributed by atoms with Crippen LogP contribution < -0.4 is 5.32 Å². The number of carbonyl (C=O) groups excluding carboxylic acids is 3. The van der Waals surface area contributed by atoms with Gasteiger partial charge in [-0.15, -0.1) is 0 Å². The molecule has 1 fully saturated rings. The molecule has 1 aromatic heterocycles. The van der Waals surface area contributed by atoms with Crippen LogP contribution in [0.25, 0.3) is 5.69 Å². The second kappa shape index (κ2) is 10.1. The van der Waals surface area contributed by atoms with Gasteiger partial charge in [-0.2, -0.15) is 5.10 Å². The third-order valence-electron chi connectivity index (χ3n) is 5.86. The second-order valence-electron chi connectivity index (χ2n) is 9.73. The van der Waals surface area contributed by atoms with Crippen molar-refractivity contribution in [3.63, 3.8) is 0 Å². The van der Waals surface area contributed by atoms with Crippen LogP contribution in [0.15, 0.2) is 66.7 Å². The number of nitrogens with one attached hydrogen (secondary N) is 1. The van der Waals surface area contributed by atoms with Gasteiger partial charge in [0.2, 0.25) is 5.91 Å². The van der Waals surface area contributed by atoms with Crippen molar-refractivity contribution in [1.82, 2.24) is 14.7 Å². The van der Waals surface area contributed by atoms with Gasteiger partial charge in [0.05, 0.1) is 17.3 Å². The van der Waals surface area contributed by atoms with Crippen LogP contribution in [0, 0.1) is 5.92 Å². The van der Waals surface area contributed by atoms with Crippen LogP contribution in [0.3, 0.4) is 0 Å². The van der Waals surface area contributed by atoms with E-state index in [0.29, 0.717) is 12.4 Å². The fourth-order valence-electron chi connectivity index (χ4n) is 3.92. The molecule has 0 unspecified atom stereocenters. The highest BCUT2D eigenvalue weighted by atomic mass is 16.5. The van der Waals surface area contributed by atoms with Gasteiger partial charge in [-0.05, 0) is 17.7 Å². The van der Waals surface area contributed by atoms with Gasteiger partial charge in [0, 0.05) is 31.0 Å². The molecule has 1 aliphatic heterocycles. The van der Waals surface area contributed by atoms with E-state index in [9.17, 15) is 14.4 Å². The Balaban J connectivity index is 1.36. The minimum atomic E-state index is -0.582. The number of rotatable bonds is 7. The molecule has 182 valence electrons. The van der Waals surface area contributed by atoms with Crippen molar-refractivity contribution in [3.8, 4) is 5.69 Å². The Morgan fingerprint density at radius 2 is 1.71 bits per heavy atom. The first-order valence-corrected chi connectivity index (χ1v) is 11.6.